The summed E-state index contributed by atoms with van der Waals surface area (Å²) < 4.78 is 0. The maximum absolute atomic E-state index is 12.1. The third-order valence-corrected chi connectivity index (χ3v) is 3.45. The molecule has 19 heavy (non-hydrogen) atoms. The first kappa shape index (κ1) is 11.8. The molecule has 1 aliphatic rings. The highest BCUT2D eigenvalue weighted by Gasteiger charge is 2.24. The monoisotopic (exact) mass is 253 g/mol. The molecule has 2 aromatic carbocycles. The van der Waals surface area contributed by atoms with Gasteiger partial charge in [0.15, 0.2) is 0 Å². The molecular weight excluding hydrogens is 238 g/mol. The number of carbonyl (C=O) groups excluding carboxylic acids is 1. The predicted octanol–water partition coefficient (Wildman–Crippen LogP) is 2.87. The normalized spacial score (nSPS) is 14.3. The van der Waals surface area contributed by atoms with E-state index in [0.717, 1.165) is 16.8 Å². The van der Waals surface area contributed by atoms with E-state index in [2.05, 4.69) is 0 Å². The van der Waals surface area contributed by atoms with Gasteiger partial charge in [-0.05, 0) is 35.7 Å². The molecule has 1 amide bonds. The molecule has 0 unspecified atom stereocenters. The summed E-state index contributed by atoms with van der Waals surface area (Å²) in [4.78, 5) is 13.9. The van der Waals surface area contributed by atoms with Gasteiger partial charge in [0, 0.05) is 12.1 Å². The molecule has 3 nitrogen and oxygen atoms in total. The van der Waals surface area contributed by atoms with Gasteiger partial charge in [-0.2, -0.15) is 0 Å². The van der Waals surface area contributed by atoms with Crippen LogP contribution in [-0.2, 0) is 17.8 Å². The van der Waals surface area contributed by atoms with E-state index < -0.39 is 0 Å². The molecule has 0 radical (unpaired) electrons. The predicted molar refractivity (Wildman–Crippen MR) is 74.1 cm³/mol. The molecular formula is C16H15NO2. The van der Waals surface area contributed by atoms with Crippen LogP contribution in [0, 0.1) is 0 Å². The van der Waals surface area contributed by atoms with E-state index in [0.29, 0.717) is 19.4 Å². The molecule has 0 bridgehead atoms. The largest absolute Gasteiger partial charge is 0.508 e. The number of carbonyl (C=O) groups is 1. The lowest BCUT2D eigenvalue weighted by Crippen LogP contribution is -2.34. The van der Waals surface area contributed by atoms with Crippen LogP contribution in [0.4, 0.5) is 5.69 Å². The Morgan fingerprint density at radius 3 is 2.63 bits per heavy atom. The lowest BCUT2D eigenvalue weighted by Gasteiger charge is -2.29. The van der Waals surface area contributed by atoms with Crippen molar-refractivity contribution in [2.45, 2.75) is 19.4 Å². The van der Waals surface area contributed by atoms with Crippen LogP contribution in [0.25, 0.3) is 0 Å². The SMILES string of the molecule is O=C1CCc2cc(O)ccc2N1Cc1ccccc1. The quantitative estimate of drug-likeness (QED) is 0.894. The standard InChI is InChI=1S/C16H15NO2/c18-14-7-8-15-13(10-14)6-9-16(19)17(15)11-12-4-2-1-3-5-12/h1-5,7-8,10,18H,6,9,11H2. The van der Waals surface area contributed by atoms with E-state index in [1.54, 1.807) is 17.0 Å². The van der Waals surface area contributed by atoms with E-state index in [4.69, 9.17) is 0 Å². The molecule has 0 saturated heterocycles. The molecule has 96 valence electrons. The fraction of sp³-hybridized carbons (Fsp3) is 0.188. The lowest BCUT2D eigenvalue weighted by atomic mass is 10.00. The minimum atomic E-state index is 0.141. The van der Waals surface area contributed by atoms with Gasteiger partial charge in [0.05, 0.1) is 6.54 Å². The molecule has 0 aliphatic carbocycles. The van der Waals surface area contributed by atoms with Crippen molar-refractivity contribution in [2.24, 2.45) is 0 Å². The number of aromatic hydroxyl groups is 1. The van der Waals surface area contributed by atoms with Gasteiger partial charge in [0.25, 0.3) is 0 Å². The topological polar surface area (TPSA) is 40.5 Å². The smallest absolute Gasteiger partial charge is 0.227 e. The zero-order valence-corrected chi connectivity index (χ0v) is 10.5. The number of phenolic OH excluding ortho intramolecular Hbond substituents is 1. The number of phenols is 1. The van der Waals surface area contributed by atoms with Crippen molar-refractivity contribution in [1.29, 1.82) is 0 Å². The number of hydrogen-bond donors (Lipinski definition) is 1. The first-order valence-electron chi connectivity index (χ1n) is 6.40. The van der Waals surface area contributed by atoms with Crippen molar-refractivity contribution in [2.75, 3.05) is 4.90 Å². The van der Waals surface area contributed by atoms with E-state index >= 15 is 0 Å². The van der Waals surface area contributed by atoms with Crippen molar-refractivity contribution in [3.8, 4) is 5.75 Å². The Hall–Kier alpha value is -2.29. The summed E-state index contributed by atoms with van der Waals surface area (Å²) in [5, 5.41) is 9.53. The van der Waals surface area contributed by atoms with Crippen molar-refractivity contribution >= 4 is 11.6 Å². The van der Waals surface area contributed by atoms with Gasteiger partial charge in [-0.15, -0.1) is 0 Å². The Bertz CT molecular complexity index is 607. The Kier molecular flexibility index (Phi) is 2.95. The van der Waals surface area contributed by atoms with Crippen LogP contribution in [0.15, 0.2) is 48.5 Å². The summed E-state index contributed by atoms with van der Waals surface area (Å²) in [6.45, 7) is 0.581. The Morgan fingerprint density at radius 2 is 1.84 bits per heavy atom. The van der Waals surface area contributed by atoms with Gasteiger partial charge in [-0.25, -0.2) is 0 Å². The Morgan fingerprint density at radius 1 is 1.05 bits per heavy atom. The summed E-state index contributed by atoms with van der Waals surface area (Å²) in [5.41, 5.74) is 3.06. The fourth-order valence-electron chi connectivity index (χ4n) is 2.49. The number of fused-ring (bicyclic) bond motifs is 1. The summed E-state index contributed by atoms with van der Waals surface area (Å²) in [6, 6.07) is 15.2. The molecule has 1 aliphatic heterocycles. The van der Waals surface area contributed by atoms with Crippen molar-refractivity contribution in [1.82, 2.24) is 0 Å². The summed E-state index contributed by atoms with van der Waals surface area (Å²) in [5.74, 6) is 0.398. The molecule has 0 fully saturated rings. The number of aryl methyl sites for hydroxylation is 1. The van der Waals surface area contributed by atoms with Crippen LogP contribution < -0.4 is 4.90 Å². The van der Waals surface area contributed by atoms with Crippen LogP contribution in [-0.4, -0.2) is 11.0 Å². The van der Waals surface area contributed by atoms with Crippen LogP contribution >= 0.6 is 0 Å². The second-order valence-corrected chi connectivity index (χ2v) is 4.78. The number of nitrogens with zero attached hydrogens (tertiary/aromatic N) is 1. The minimum absolute atomic E-state index is 0.141. The first-order valence-corrected chi connectivity index (χ1v) is 6.40. The molecule has 3 rings (SSSR count). The van der Waals surface area contributed by atoms with Gasteiger partial charge in [-0.3, -0.25) is 4.79 Å². The van der Waals surface area contributed by atoms with Crippen molar-refractivity contribution in [3.05, 3.63) is 59.7 Å². The Labute approximate surface area is 112 Å². The number of amides is 1. The van der Waals surface area contributed by atoms with Crippen molar-refractivity contribution < 1.29 is 9.90 Å². The van der Waals surface area contributed by atoms with Crippen LogP contribution in [0.5, 0.6) is 5.75 Å². The van der Waals surface area contributed by atoms with E-state index in [1.807, 2.05) is 36.4 Å². The zero-order chi connectivity index (χ0) is 13.2. The molecule has 1 N–H and O–H groups in total. The molecule has 0 spiro atoms. The van der Waals surface area contributed by atoms with Crippen LogP contribution in [0.3, 0.4) is 0 Å². The summed E-state index contributed by atoms with van der Waals surface area (Å²) >= 11 is 0. The maximum Gasteiger partial charge on any atom is 0.227 e. The van der Waals surface area contributed by atoms with Gasteiger partial charge in [0.1, 0.15) is 5.75 Å². The minimum Gasteiger partial charge on any atom is -0.508 e. The number of anilines is 1. The molecule has 0 atom stereocenters. The zero-order valence-electron chi connectivity index (χ0n) is 10.5. The lowest BCUT2D eigenvalue weighted by molar-refractivity contribution is -0.119. The molecule has 1 heterocycles. The first-order chi connectivity index (χ1) is 9.24. The number of hydrogen-bond acceptors (Lipinski definition) is 2. The van der Waals surface area contributed by atoms with E-state index in [9.17, 15) is 9.90 Å². The third-order valence-electron chi connectivity index (χ3n) is 3.45. The highest BCUT2D eigenvalue weighted by atomic mass is 16.3. The van der Waals surface area contributed by atoms with Gasteiger partial charge >= 0.3 is 0 Å². The average molecular weight is 253 g/mol. The maximum atomic E-state index is 12.1. The third kappa shape index (κ3) is 2.32. The van der Waals surface area contributed by atoms with E-state index in [-0.39, 0.29) is 11.7 Å². The van der Waals surface area contributed by atoms with E-state index in [1.165, 1.54) is 0 Å². The second kappa shape index (κ2) is 4.76. The number of rotatable bonds is 2. The van der Waals surface area contributed by atoms with Gasteiger partial charge in [-0.1, -0.05) is 30.3 Å². The van der Waals surface area contributed by atoms with Gasteiger partial charge < -0.3 is 10.0 Å². The number of benzene rings is 2. The average Bonchev–Trinajstić information content (AvgIpc) is 2.43. The highest BCUT2D eigenvalue weighted by molar-refractivity contribution is 5.96. The molecule has 2 aromatic rings. The van der Waals surface area contributed by atoms with Crippen molar-refractivity contribution in [3.63, 3.8) is 0 Å². The fourth-order valence-corrected chi connectivity index (χ4v) is 2.49. The molecule has 0 saturated carbocycles. The van der Waals surface area contributed by atoms with Crippen LogP contribution in [0.1, 0.15) is 17.5 Å². The molecule has 0 aromatic heterocycles. The van der Waals surface area contributed by atoms with Gasteiger partial charge in [0.2, 0.25) is 5.91 Å². The highest BCUT2D eigenvalue weighted by Crippen LogP contribution is 2.31. The summed E-state index contributed by atoms with van der Waals surface area (Å²) in [7, 11) is 0. The van der Waals surface area contributed by atoms with Crippen LogP contribution in [0.2, 0.25) is 0 Å². The Balaban J connectivity index is 1.95. The summed E-state index contributed by atoms with van der Waals surface area (Å²) in [6.07, 6.45) is 1.21. The second-order valence-electron chi connectivity index (χ2n) is 4.78. The molecule has 3 heteroatoms.